The summed E-state index contributed by atoms with van der Waals surface area (Å²) in [6.07, 6.45) is 2.81. The number of ether oxygens (including phenoxy) is 1. The number of aryl methyl sites for hydroxylation is 1. The topological polar surface area (TPSA) is 75.7 Å². The Balaban J connectivity index is 1.37. The molecular weight excluding hydrogens is 473 g/mol. The third-order valence-electron chi connectivity index (χ3n) is 6.63. The Morgan fingerprint density at radius 3 is 2.64 bits per heavy atom. The molecule has 2 atom stereocenters. The fourth-order valence-electron chi connectivity index (χ4n) is 4.56. The smallest absolute Gasteiger partial charge is 0.328 e. The van der Waals surface area contributed by atoms with Gasteiger partial charge in [-0.05, 0) is 37.3 Å². The summed E-state index contributed by atoms with van der Waals surface area (Å²) in [5.74, 6) is -4.45. The van der Waals surface area contributed by atoms with Crippen molar-refractivity contribution in [3.05, 3.63) is 70.5 Å². The van der Waals surface area contributed by atoms with Crippen molar-refractivity contribution >= 4 is 17.8 Å². The third kappa shape index (κ3) is 6.65. The molecule has 1 aliphatic heterocycles. The number of benzene rings is 2. The largest absolute Gasteiger partial charge is 0.459 e. The van der Waals surface area contributed by atoms with E-state index >= 15 is 0 Å². The van der Waals surface area contributed by atoms with Crippen LogP contribution < -0.4 is 5.32 Å². The highest BCUT2D eigenvalue weighted by molar-refractivity contribution is 5.86. The van der Waals surface area contributed by atoms with E-state index < -0.39 is 41.4 Å². The van der Waals surface area contributed by atoms with Crippen molar-refractivity contribution in [3.8, 4) is 0 Å². The molecule has 0 aromatic heterocycles. The van der Waals surface area contributed by atoms with Crippen molar-refractivity contribution in [2.75, 3.05) is 0 Å². The zero-order valence-electron chi connectivity index (χ0n) is 20.1. The number of amides is 2. The van der Waals surface area contributed by atoms with E-state index in [0.29, 0.717) is 24.8 Å². The van der Waals surface area contributed by atoms with Crippen LogP contribution in [0.1, 0.15) is 55.2 Å². The summed E-state index contributed by atoms with van der Waals surface area (Å²) in [5, 5.41) is 2.75. The first kappa shape index (κ1) is 25.7. The van der Waals surface area contributed by atoms with E-state index in [1.807, 2.05) is 31.2 Å². The lowest BCUT2D eigenvalue weighted by molar-refractivity contribution is -0.149. The highest BCUT2D eigenvalue weighted by Crippen LogP contribution is 2.34. The molecule has 0 bridgehead atoms. The number of likely N-dealkylation sites (tertiary alicyclic amines) is 1. The van der Waals surface area contributed by atoms with Crippen molar-refractivity contribution < 1.29 is 32.3 Å². The molecule has 2 aromatic rings. The van der Waals surface area contributed by atoms with Crippen LogP contribution in [0.4, 0.5) is 13.2 Å². The molecule has 2 aromatic carbocycles. The van der Waals surface area contributed by atoms with Crippen LogP contribution in [0.3, 0.4) is 0 Å². The molecule has 6 nitrogen and oxygen atoms in total. The summed E-state index contributed by atoms with van der Waals surface area (Å²) >= 11 is 0. The first-order chi connectivity index (χ1) is 17.2. The fourth-order valence-corrected chi connectivity index (χ4v) is 4.56. The van der Waals surface area contributed by atoms with Gasteiger partial charge in [0, 0.05) is 37.1 Å². The highest BCUT2D eigenvalue weighted by Gasteiger charge is 2.36. The van der Waals surface area contributed by atoms with Crippen LogP contribution in [0.5, 0.6) is 0 Å². The molecule has 36 heavy (non-hydrogen) atoms. The number of halogens is 3. The average Bonchev–Trinajstić information content (AvgIpc) is 3.59. The number of hydrogen-bond acceptors (Lipinski definition) is 4. The Kier molecular flexibility index (Phi) is 7.96. The van der Waals surface area contributed by atoms with Crippen LogP contribution in [0.2, 0.25) is 0 Å². The monoisotopic (exact) mass is 502 g/mol. The van der Waals surface area contributed by atoms with E-state index in [1.165, 1.54) is 4.90 Å². The van der Waals surface area contributed by atoms with E-state index in [2.05, 4.69) is 5.32 Å². The normalized spacial score (nSPS) is 18.3. The Hall–Kier alpha value is -3.36. The standard InChI is InChI=1S/C27H29F3N2O4/c1-16-3-2-4-18(9-16)15-36-27(35)23(10-17-5-6-17)31-24(33)13-21-7-8-25(34)32(21)14-19-11-20(28)12-22(29)26(19)30/h2-4,9,11-12,17,21,23H,5-8,10,13-15H2,1H3,(H,31,33)/t21-,23-/m0/s1. The Morgan fingerprint density at radius 1 is 1.14 bits per heavy atom. The van der Waals surface area contributed by atoms with Crippen LogP contribution in [0.25, 0.3) is 0 Å². The molecule has 192 valence electrons. The van der Waals surface area contributed by atoms with Crippen LogP contribution >= 0.6 is 0 Å². The molecule has 2 aliphatic rings. The minimum absolute atomic E-state index is 0.0955. The van der Waals surface area contributed by atoms with Crippen LogP contribution in [-0.4, -0.2) is 34.8 Å². The van der Waals surface area contributed by atoms with Gasteiger partial charge in [-0.3, -0.25) is 9.59 Å². The van der Waals surface area contributed by atoms with Crippen molar-refractivity contribution in [2.24, 2.45) is 5.92 Å². The second-order valence-corrected chi connectivity index (χ2v) is 9.67. The summed E-state index contributed by atoms with van der Waals surface area (Å²) in [7, 11) is 0. The van der Waals surface area contributed by atoms with Crippen LogP contribution in [0.15, 0.2) is 36.4 Å². The lowest BCUT2D eigenvalue weighted by Crippen LogP contribution is -2.44. The van der Waals surface area contributed by atoms with Gasteiger partial charge in [-0.2, -0.15) is 0 Å². The Morgan fingerprint density at radius 2 is 1.92 bits per heavy atom. The van der Waals surface area contributed by atoms with Gasteiger partial charge in [0.2, 0.25) is 11.8 Å². The summed E-state index contributed by atoms with van der Waals surface area (Å²) in [4.78, 5) is 39.3. The van der Waals surface area contributed by atoms with Crippen molar-refractivity contribution in [1.82, 2.24) is 10.2 Å². The van der Waals surface area contributed by atoms with Crippen molar-refractivity contribution in [3.63, 3.8) is 0 Å². The number of carbonyl (C=O) groups excluding carboxylic acids is 3. The lowest BCUT2D eigenvalue weighted by Gasteiger charge is -2.26. The summed E-state index contributed by atoms with van der Waals surface area (Å²) in [5.41, 5.74) is 1.60. The number of nitrogens with zero attached hydrogens (tertiary/aromatic N) is 1. The molecule has 1 N–H and O–H groups in total. The lowest BCUT2D eigenvalue weighted by atomic mass is 10.1. The molecule has 0 spiro atoms. The molecule has 4 rings (SSSR count). The van der Waals surface area contributed by atoms with Gasteiger partial charge < -0.3 is 15.0 Å². The predicted octanol–water partition coefficient (Wildman–Crippen LogP) is 4.32. The quantitative estimate of drug-likeness (QED) is 0.388. The van der Waals surface area contributed by atoms with Gasteiger partial charge >= 0.3 is 5.97 Å². The van der Waals surface area contributed by atoms with Gasteiger partial charge in [0.25, 0.3) is 0 Å². The second-order valence-electron chi connectivity index (χ2n) is 9.67. The van der Waals surface area contributed by atoms with E-state index in [1.54, 1.807) is 0 Å². The zero-order valence-corrected chi connectivity index (χ0v) is 20.1. The van der Waals surface area contributed by atoms with E-state index in [-0.39, 0.29) is 37.5 Å². The summed E-state index contributed by atoms with van der Waals surface area (Å²) in [6, 6.07) is 7.49. The maximum atomic E-state index is 14.1. The molecule has 9 heteroatoms. The minimum Gasteiger partial charge on any atom is -0.459 e. The second kappa shape index (κ2) is 11.1. The highest BCUT2D eigenvalue weighted by atomic mass is 19.2. The van der Waals surface area contributed by atoms with E-state index in [0.717, 1.165) is 30.0 Å². The van der Waals surface area contributed by atoms with Crippen LogP contribution in [0, 0.1) is 30.3 Å². The first-order valence-corrected chi connectivity index (χ1v) is 12.1. The van der Waals surface area contributed by atoms with Gasteiger partial charge in [0.1, 0.15) is 18.5 Å². The number of hydrogen-bond donors (Lipinski definition) is 1. The molecule has 0 unspecified atom stereocenters. The van der Waals surface area contributed by atoms with Gasteiger partial charge in [-0.15, -0.1) is 0 Å². The maximum Gasteiger partial charge on any atom is 0.328 e. The number of rotatable bonds is 10. The maximum absolute atomic E-state index is 14.1. The predicted molar refractivity (Wildman–Crippen MR) is 125 cm³/mol. The van der Waals surface area contributed by atoms with Gasteiger partial charge in [0.05, 0.1) is 0 Å². The van der Waals surface area contributed by atoms with E-state index in [9.17, 15) is 27.6 Å². The summed E-state index contributed by atoms with van der Waals surface area (Å²) in [6.45, 7) is 1.69. The minimum atomic E-state index is -1.34. The first-order valence-electron chi connectivity index (χ1n) is 12.1. The molecule has 2 fully saturated rings. The number of esters is 1. The third-order valence-corrected chi connectivity index (χ3v) is 6.63. The Labute approximate surface area is 207 Å². The molecule has 1 heterocycles. The van der Waals surface area contributed by atoms with Crippen molar-refractivity contribution in [2.45, 2.75) is 70.7 Å². The van der Waals surface area contributed by atoms with Gasteiger partial charge in [0.15, 0.2) is 11.6 Å². The SMILES string of the molecule is Cc1cccc(COC(=O)[C@H](CC2CC2)NC(=O)C[C@@H]2CCC(=O)N2Cc2cc(F)cc(F)c2F)c1. The zero-order chi connectivity index (χ0) is 25.8. The molecule has 1 saturated carbocycles. The Bertz CT molecular complexity index is 1150. The van der Waals surface area contributed by atoms with E-state index in [4.69, 9.17) is 4.74 Å². The van der Waals surface area contributed by atoms with Gasteiger partial charge in [-0.25, -0.2) is 18.0 Å². The molecule has 1 aliphatic carbocycles. The molecule has 1 saturated heterocycles. The molecule has 2 amide bonds. The molecule has 0 radical (unpaired) electrons. The van der Waals surface area contributed by atoms with Crippen molar-refractivity contribution in [1.29, 1.82) is 0 Å². The number of carbonyl (C=O) groups is 3. The van der Waals surface area contributed by atoms with Crippen LogP contribution in [-0.2, 0) is 32.3 Å². The summed E-state index contributed by atoms with van der Waals surface area (Å²) < 4.78 is 46.8. The van der Waals surface area contributed by atoms with Gasteiger partial charge in [-0.1, -0.05) is 42.7 Å². The average molecular weight is 503 g/mol. The fraction of sp³-hybridized carbons (Fsp3) is 0.444. The molecular formula is C27H29F3N2O4. The number of nitrogens with one attached hydrogen (secondary N) is 1.